The first-order valence-corrected chi connectivity index (χ1v) is 11.5. The van der Waals surface area contributed by atoms with E-state index >= 15 is 0 Å². The molecule has 0 radical (unpaired) electrons. The van der Waals surface area contributed by atoms with Crippen molar-refractivity contribution in [2.45, 2.75) is 20.4 Å². The molecule has 4 rings (SSSR count). The van der Waals surface area contributed by atoms with Gasteiger partial charge in [0, 0.05) is 63.5 Å². The van der Waals surface area contributed by atoms with Crippen molar-refractivity contribution in [3.05, 3.63) is 50.6 Å². The summed E-state index contributed by atoms with van der Waals surface area (Å²) in [6.07, 6.45) is 3.23. The van der Waals surface area contributed by atoms with Crippen LogP contribution in [0.4, 0.5) is 5.95 Å². The summed E-state index contributed by atoms with van der Waals surface area (Å²) in [6.45, 7) is 8.58. The number of carbonyl (C=O) groups excluding carboxylic acids is 1. The van der Waals surface area contributed by atoms with Crippen LogP contribution in [0.5, 0.6) is 0 Å². The summed E-state index contributed by atoms with van der Waals surface area (Å²) in [4.78, 5) is 45.1. The van der Waals surface area contributed by atoms with Crippen molar-refractivity contribution >= 4 is 39.8 Å². The highest BCUT2D eigenvalue weighted by atomic mass is 35.5. The van der Waals surface area contributed by atoms with Gasteiger partial charge in [0.05, 0.1) is 16.9 Å². The van der Waals surface area contributed by atoms with E-state index in [0.717, 1.165) is 18.8 Å². The van der Waals surface area contributed by atoms with E-state index in [9.17, 15) is 9.59 Å². The molecule has 11 heteroatoms. The Bertz CT molecular complexity index is 1140. The van der Waals surface area contributed by atoms with Crippen LogP contribution < -0.4 is 10.5 Å². The summed E-state index contributed by atoms with van der Waals surface area (Å²) in [5.74, 6) is 0.328. The Morgan fingerprint density at radius 1 is 1.19 bits per heavy atom. The van der Waals surface area contributed by atoms with Gasteiger partial charge < -0.3 is 9.80 Å². The first kappa shape index (κ1) is 21.7. The van der Waals surface area contributed by atoms with Crippen LogP contribution in [0.15, 0.2) is 28.6 Å². The van der Waals surface area contributed by atoms with E-state index in [2.05, 4.69) is 19.9 Å². The van der Waals surface area contributed by atoms with E-state index in [1.165, 1.54) is 17.5 Å². The van der Waals surface area contributed by atoms with Gasteiger partial charge in [-0.15, -0.1) is 11.3 Å². The minimum Gasteiger partial charge on any atom is -0.341 e. The molecule has 0 spiro atoms. The Labute approximate surface area is 188 Å². The predicted molar refractivity (Wildman–Crippen MR) is 121 cm³/mol. The summed E-state index contributed by atoms with van der Waals surface area (Å²) < 4.78 is 1.54. The van der Waals surface area contributed by atoms with E-state index in [4.69, 9.17) is 11.6 Å². The third-order valence-corrected chi connectivity index (χ3v) is 6.41. The minimum atomic E-state index is -0.183. The lowest BCUT2D eigenvalue weighted by Gasteiger charge is -2.34. The number of amides is 1. The van der Waals surface area contributed by atoms with Crippen LogP contribution in [0.1, 0.15) is 30.0 Å². The summed E-state index contributed by atoms with van der Waals surface area (Å²) in [7, 11) is 0. The normalized spacial score (nSPS) is 14.9. The molecular formula is C20H24ClN7O2S. The zero-order valence-electron chi connectivity index (χ0n) is 17.5. The fourth-order valence-electron chi connectivity index (χ4n) is 3.62. The number of nitrogens with zero attached hydrogens (tertiary/aromatic N) is 7. The molecule has 31 heavy (non-hydrogen) atoms. The number of hydrogen-bond acceptors (Lipinski definition) is 8. The smallest absolute Gasteiger partial charge is 0.274 e. The van der Waals surface area contributed by atoms with E-state index in [1.54, 1.807) is 21.6 Å². The monoisotopic (exact) mass is 461 g/mol. The third-order valence-electron chi connectivity index (χ3n) is 5.38. The highest BCUT2D eigenvalue weighted by Gasteiger charge is 2.26. The van der Waals surface area contributed by atoms with Crippen LogP contribution in [0.3, 0.4) is 0 Å². The van der Waals surface area contributed by atoms with Crippen molar-refractivity contribution in [1.82, 2.24) is 29.2 Å². The van der Waals surface area contributed by atoms with Gasteiger partial charge in [0.1, 0.15) is 0 Å². The second-order valence-corrected chi connectivity index (χ2v) is 8.53. The number of thiazole rings is 1. The molecule has 0 aliphatic carbocycles. The molecule has 3 aromatic rings. The fraction of sp³-hybridized carbons (Fsp3) is 0.450. The highest BCUT2D eigenvalue weighted by molar-refractivity contribution is 7.15. The first-order chi connectivity index (χ1) is 15.0. The number of piperazine rings is 1. The van der Waals surface area contributed by atoms with E-state index in [1.807, 2.05) is 24.1 Å². The molecule has 0 bridgehead atoms. The van der Waals surface area contributed by atoms with Crippen LogP contribution in [0, 0.1) is 0 Å². The van der Waals surface area contributed by atoms with Gasteiger partial charge in [-0.1, -0.05) is 11.6 Å². The van der Waals surface area contributed by atoms with Crippen LogP contribution >= 0.6 is 22.9 Å². The van der Waals surface area contributed by atoms with Crippen LogP contribution in [0.25, 0.3) is 4.96 Å². The summed E-state index contributed by atoms with van der Waals surface area (Å²) in [5, 5.41) is 2.11. The van der Waals surface area contributed by atoms with Crippen molar-refractivity contribution < 1.29 is 4.79 Å². The molecule has 0 aromatic carbocycles. The number of hydrogen-bond donors (Lipinski definition) is 0. The average Bonchev–Trinajstić information content (AvgIpc) is 3.25. The summed E-state index contributed by atoms with van der Waals surface area (Å²) in [5.41, 5.74) is 0.914. The second-order valence-electron chi connectivity index (χ2n) is 7.25. The fourth-order valence-corrected chi connectivity index (χ4v) is 4.53. The maximum atomic E-state index is 13.1. The van der Waals surface area contributed by atoms with Gasteiger partial charge >= 0.3 is 0 Å². The molecule has 0 saturated carbocycles. The zero-order valence-corrected chi connectivity index (χ0v) is 19.1. The van der Waals surface area contributed by atoms with Crippen molar-refractivity contribution in [1.29, 1.82) is 0 Å². The van der Waals surface area contributed by atoms with Gasteiger partial charge in [0.15, 0.2) is 10.7 Å². The Morgan fingerprint density at radius 3 is 2.65 bits per heavy atom. The van der Waals surface area contributed by atoms with Gasteiger partial charge in [-0.3, -0.25) is 18.9 Å². The van der Waals surface area contributed by atoms with Gasteiger partial charge in [-0.2, -0.15) is 0 Å². The maximum absolute atomic E-state index is 13.1. The Balaban J connectivity index is 1.42. The molecule has 3 aromatic heterocycles. The van der Waals surface area contributed by atoms with Crippen molar-refractivity contribution in [3.8, 4) is 0 Å². The van der Waals surface area contributed by atoms with E-state index < -0.39 is 0 Å². The number of halogens is 1. The van der Waals surface area contributed by atoms with Gasteiger partial charge in [-0.05, 0) is 13.8 Å². The molecule has 1 amide bonds. The number of fused-ring (bicyclic) bond motifs is 1. The highest BCUT2D eigenvalue weighted by Crippen LogP contribution is 2.19. The van der Waals surface area contributed by atoms with Crippen molar-refractivity contribution in [2.24, 2.45) is 0 Å². The summed E-state index contributed by atoms with van der Waals surface area (Å²) in [6, 6.07) is 1.58. The van der Waals surface area contributed by atoms with Crippen molar-refractivity contribution in [3.63, 3.8) is 0 Å². The number of anilines is 1. The minimum absolute atomic E-state index is 0.0718. The van der Waals surface area contributed by atoms with Gasteiger partial charge in [0.25, 0.3) is 11.5 Å². The first-order valence-electron chi connectivity index (χ1n) is 10.2. The number of carbonyl (C=O) groups is 1. The predicted octanol–water partition coefficient (Wildman–Crippen LogP) is 2.00. The molecule has 4 heterocycles. The van der Waals surface area contributed by atoms with Crippen LogP contribution in [-0.2, 0) is 6.54 Å². The topological polar surface area (TPSA) is 86.9 Å². The number of aromatic nitrogens is 4. The Hall–Kier alpha value is -2.56. The van der Waals surface area contributed by atoms with Crippen LogP contribution in [-0.4, -0.2) is 74.3 Å². The largest absolute Gasteiger partial charge is 0.341 e. The lowest BCUT2D eigenvalue weighted by Crippen LogP contribution is -2.48. The van der Waals surface area contributed by atoms with E-state index in [0.29, 0.717) is 43.6 Å². The van der Waals surface area contributed by atoms with Crippen molar-refractivity contribution in [2.75, 3.05) is 44.2 Å². The third kappa shape index (κ3) is 4.56. The molecule has 0 N–H and O–H groups in total. The quantitative estimate of drug-likeness (QED) is 0.554. The van der Waals surface area contributed by atoms with Gasteiger partial charge in [0.2, 0.25) is 5.95 Å². The van der Waals surface area contributed by atoms with E-state index in [-0.39, 0.29) is 22.2 Å². The van der Waals surface area contributed by atoms with Crippen LogP contribution in [0.2, 0.25) is 5.02 Å². The lowest BCUT2D eigenvalue weighted by atomic mass is 10.2. The zero-order chi connectivity index (χ0) is 22.0. The molecule has 0 atom stereocenters. The molecule has 9 nitrogen and oxygen atoms in total. The molecule has 1 saturated heterocycles. The number of rotatable bonds is 6. The standard InChI is InChI=1S/C20H24ClN7O2S/c1-3-26(4-2)19-22-12-15(21)17(24-19)18(30)27-7-5-25(6-8-27)13-14-11-16(29)28-9-10-31-20(28)23-14/h9-12H,3-8,13H2,1-2H3. The Kier molecular flexibility index (Phi) is 6.49. The molecule has 164 valence electrons. The average molecular weight is 462 g/mol. The SMILES string of the molecule is CCN(CC)c1ncc(Cl)c(C(=O)N2CCN(Cc3cc(=O)n4ccsc4n3)CC2)n1. The molecule has 0 unspecified atom stereocenters. The molecule has 1 aliphatic rings. The summed E-state index contributed by atoms with van der Waals surface area (Å²) >= 11 is 7.69. The lowest BCUT2D eigenvalue weighted by molar-refractivity contribution is 0.0621. The Morgan fingerprint density at radius 2 is 1.94 bits per heavy atom. The molecule has 1 fully saturated rings. The second kappa shape index (κ2) is 9.29. The maximum Gasteiger partial charge on any atom is 0.274 e. The molecule has 1 aliphatic heterocycles. The molecular weight excluding hydrogens is 438 g/mol. The van der Waals surface area contributed by atoms with Gasteiger partial charge in [-0.25, -0.2) is 15.0 Å².